The molecular weight excluding hydrogens is 1010 g/mol. The summed E-state index contributed by atoms with van der Waals surface area (Å²) in [5.41, 5.74) is 28.7. The molecule has 0 heterocycles. The van der Waals surface area contributed by atoms with Crippen molar-refractivity contribution in [2.45, 2.75) is 187 Å². The van der Waals surface area contributed by atoms with Gasteiger partial charge in [0.15, 0.2) is 0 Å². The van der Waals surface area contributed by atoms with Gasteiger partial charge < -0.3 is 0 Å². The van der Waals surface area contributed by atoms with E-state index in [9.17, 15) is 0 Å². The fourth-order valence-electron chi connectivity index (χ4n) is 13.5. The van der Waals surface area contributed by atoms with E-state index in [1.165, 1.54) is 182 Å². The average Bonchev–Trinajstić information content (AvgIpc) is 2.80. The van der Waals surface area contributed by atoms with Gasteiger partial charge in [0.25, 0.3) is 0 Å². The minimum Gasteiger partial charge on any atom is -0.0625 e. The molecule has 436 valence electrons. The monoisotopic (exact) mass is 1110 g/mol. The Morgan fingerprint density at radius 3 is 0.679 bits per heavy atom. The van der Waals surface area contributed by atoms with Gasteiger partial charge in [-0.15, -0.1) is 0 Å². The second-order valence-electron chi connectivity index (χ2n) is 26.4. The van der Waals surface area contributed by atoms with E-state index < -0.39 is 0 Å². The predicted octanol–water partition coefficient (Wildman–Crippen LogP) is 22.7. The lowest BCUT2D eigenvalue weighted by Crippen LogP contribution is -2.00. The topological polar surface area (TPSA) is 0 Å². The molecule has 0 amide bonds. The zero-order valence-corrected chi connectivity index (χ0v) is 54.2. The molecule has 0 nitrogen and oxygen atoms in total. The Bertz CT molecular complexity index is 3480. The van der Waals surface area contributed by atoms with E-state index in [1.54, 1.807) is 0 Å². The molecule has 0 aliphatic heterocycles. The van der Waals surface area contributed by atoms with E-state index in [1.807, 2.05) is 0 Å². The lowest BCUT2D eigenvalue weighted by atomic mass is 9.89. The predicted molar refractivity (Wildman–Crippen MR) is 370 cm³/mol. The van der Waals surface area contributed by atoms with Crippen LogP contribution in [-0.4, -0.2) is 0 Å². The van der Waals surface area contributed by atoms with Gasteiger partial charge in [-0.05, 0) is 259 Å². The van der Waals surface area contributed by atoms with Crippen LogP contribution in [0.2, 0.25) is 0 Å². The third-order valence-corrected chi connectivity index (χ3v) is 16.7. The molecule has 10 aromatic rings. The van der Waals surface area contributed by atoms with E-state index in [2.05, 4.69) is 267 Å². The molecule has 0 heteroatoms. The van der Waals surface area contributed by atoms with Crippen molar-refractivity contribution in [3.8, 4) is 0 Å². The molecule has 10 rings (SSSR count). The summed E-state index contributed by atoms with van der Waals surface area (Å²) in [5.74, 6) is 1.41. The van der Waals surface area contributed by atoms with E-state index in [0.717, 1.165) is 51.4 Å². The zero-order valence-electron chi connectivity index (χ0n) is 54.2. The van der Waals surface area contributed by atoms with Crippen LogP contribution in [0.3, 0.4) is 0 Å². The molecule has 0 aliphatic rings. The van der Waals surface area contributed by atoms with Gasteiger partial charge in [-0.3, -0.25) is 0 Å². The molecule has 0 radical (unpaired) electrons. The van der Waals surface area contributed by atoms with E-state index >= 15 is 0 Å². The number of hydrogen-bond acceptors (Lipinski definition) is 0. The Morgan fingerprint density at radius 2 is 0.429 bits per heavy atom. The molecule has 0 N–H and O–H groups in total. The number of hydrogen-bond donors (Lipinski definition) is 0. The van der Waals surface area contributed by atoms with E-state index in [-0.39, 0.29) is 0 Å². The first-order valence-electron chi connectivity index (χ1n) is 32.1. The van der Waals surface area contributed by atoms with Gasteiger partial charge in [0, 0.05) is 0 Å². The third kappa shape index (κ3) is 18.5. The Hall–Kier alpha value is -7.02. The number of rotatable bonds is 20. The maximum Gasteiger partial charge on any atom is -0.0146 e. The molecule has 0 aromatic heterocycles. The van der Waals surface area contributed by atoms with Crippen molar-refractivity contribution in [1.82, 2.24) is 0 Å². The molecule has 0 fully saturated rings. The quantitative estimate of drug-likeness (QED) is 0.0713. The highest BCUT2D eigenvalue weighted by Crippen LogP contribution is 2.33. The first-order valence-corrected chi connectivity index (χ1v) is 32.1. The van der Waals surface area contributed by atoms with Crippen LogP contribution < -0.4 is 0 Å². The van der Waals surface area contributed by atoms with Crippen molar-refractivity contribution in [2.24, 2.45) is 11.8 Å². The van der Waals surface area contributed by atoms with Crippen molar-refractivity contribution in [2.75, 3.05) is 0 Å². The highest BCUT2D eigenvalue weighted by molar-refractivity contribution is 5.92. The first kappa shape index (κ1) is 63.0. The fourth-order valence-corrected chi connectivity index (χ4v) is 13.5. The molecule has 0 saturated heterocycles. The van der Waals surface area contributed by atoms with Crippen molar-refractivity contribution in [3.63, 3.8) is 0 Å². The van der Waals surface area contributed by atoms with Crippen LogP contribution in [0.15, 0.2) is 170 Å². The van der Waals surface area contributed by atoms with Gasteiger partial charge in [-0.25, -0.2) is 0 Å². The summed E-state index contributed by atoms with van der Waals surface area (Å²) in [6.45, 7) is 31.5. The summed E-state index contributed by atoms with van der Waals surface area (Å²) < 4.78 is 0. The van der Waals surface area contributed by atoms with E-state index in [0.29, 0.717) is 11.8 Å². The number of aryl methyl sites for hydroxylation is 18. The highest BCUT2D eigenvalue weighted by atomic mass is 14.2. The molecule has 0 atom stereocenters. The molecule has 0 spiro atoms. The molecule has 0 saturated carbocycles. The van der Waals surface area contributed by atoms with Crippen LogP contribution in [0, 0.1) is 81.1 Å². The summed E-state index contributed by atoms with van der Waals surface area (Å²) in [6.07, 6.45) is 16.2. The smallest absolute Gasteiger partial charge is 0.0146 e. The van der Waals surface area contributed by atoms with Gasteiger partial charge in [-0.1, -0.05) is 253 Å². The average molecular weight is 1110 g/mol. The second-order valence-corrected chi connectivity index (χ2v) is 26.4. The third-order valence-electron chi connectivity index (χ3n) is 16.7. The molecule has 84 heavy (non-hydrogen) atoms. The minimum atomic E-state index is 0.703. The van der Waals surface area contributed by atoms with E-state index in [4.69, 9.17) is 0 Å². The molecule has 0 unspecified atom stereocenters. The molecule has 0 bridgehead atoms. The second kappa shape index (κ2) is 30.2. The summed E-state index contributed by atoms with van der Waals surface area (Å²) in [4.78, 5) is 0. The van der Waals surface area contributed by atoms with Crippen LogP contribution in [-0.2, 0) is 64.2 Å². The number of fused-ring (bicyclic) bond motifs is 3. The molecular formula is C84H100. The van der Waals surface area contributed by atoms with Crippen molar-refractivity contribution in [1.29, 1.82) is 0 Å². The maximum atomic E-state index is 2.42. The Kier molecular flexibility index (Phi) is 22.6. The van der Waals surface area contributed by atoms with Crippen LogP contribution in [0.5, 0.6) is 0 Å². The van der Waals surface area contributed by atoms with Gasteiger partial charge in [0.2, 0.25) is 0 Å². The number of benzene rings is 10. The summed E-state index contributed by atoms with van der Waals surface area (Å²) in [5, 5.41) is 8.80. The van der Waals surface area contributed by atoms with Gasteiger partial charge in [0.1, 0.15) is 0 Å². The summed E-state index contributed by atoms with van der Waals surface area (Å²) >= 11 is 0. The normalized spacial score (nSPS) is 11.4. The summed E-state index contributed by atoms with van der Waals surface area (Å²) in [6, 6.07) is 64.4. The van der Waals surface area contributed by atoms with Crippen molar-refractivity contribution >= 4 is 32.3 Å². The van der Waals surface area contributed by atoms with Gasteiger partial charge in [0.05, 0.1) is 0 Å². The van der Waals surface area contributed by atoms with Crippen LogP contribution >= 0.6 is 0 Å². The van der Waals surface area contributed by atoms with Crippen LogP contribution in [0.25, 0.3) is 32.3 Å². The lowest BCUT2D eigenvalue weighted by molar-refractivity contribution is 0.647. The largest absolute Gasteiger partial charge is 0.0625 e. The van der Waals surface area contributed by atoms with Crippen LogP contribution in [0.1, 0.15) is 165 Å². The van der Waals surface area contributed by atoms with Gasteiger partial charge >= 0.3 is 0 Å². The highest BCUT2D eigenvalue weighted by Gasteiger charge is 2.14. The summed E-state index contributed by atoms with van der Waals surface area (Å²) in [7, 11) is 0. The maximum absolute atomic E-state index is 2.42. The fraction of sp³-hybridized carbons (Fsp3) is 0.357. The minimum absolute atomic E-state index is 0.703. The SMILES string of the molecule is Cc1cc(C)cc(CCCc2cc(C)cc3c(CCCc4cc(C)cc(C)c4)cc(C)cc23)c1.Cc1cc(CC(C)C)c2cc(C)cc(CC(C)C)c2c1.Cc1cc(CCCc2ccccc2)c2cc(C)cc(CCCc3ccccc3)c2c1. The Balaban J connectivity index is 0.000000170. The first-order chi connectivity index (χ1) is 40.3. The Morgan fingerprint density at radius 1 is 0.214 bits per heavy atom. The van der Waals surface area contributed by atoms with Gasteiger partial charge in [-0.2, -0.15) is 0 Å². The van der Waals surface area contributed by atoms with Crippen LogP contribution in [0.4, 0.5) is 0 Å². The van der Waals surface area contributed by atoms with Crippen molar-refractivity contribution < 1.29 is 0 Å². The van der Waals surface area contributed by atoms with Crippen molar-refractivity contribution in [3.05, 3.63) is 281 Å². The lowest BCUT2D eigenvalue weighted by Gasteiger charge is -2.16. The standard InChI is InChI=1S/C34H40.C30H32.C20H28/c1-23-13-24(2)16-29(15-23)9-7-11-31-19-27(5)22-34-32(20-28(6)21-33(31)34)12-8-10-30-17-25(3)14-26(4)18-30;1-23-19-27(17-9-15-25-11-5-3-6-12-25)30-22-24(2)20-28(29(30)21-23)18-10-16-26-13-7-4-8-14-26;1-13(2)7-17-9-15(5)12-20-18(8-14(3)4)10-16(6)11-19(17)20/h13-22H,7-12H2,1-6H3;3-8,11-14,19-22H,9-10,15-18H2,1-2H3;9-14H,7-8H2,1-6H3. The Labute approximate surface area is 509 Å². The molecule has 0 aliphatic carbocycles. The molecule has 10 aromatic carbocycles. The zero-order chi connectivity index (χ0) is 59.9.